The topological polar surface area (TPSA) is 63.4 Å². The van der Waals surface area contributed by atoms with Gasteiger partial charge in [0.1, 0.15) is 0 Å². The molecular weight excluding hydrogens is 308 g/mol. The van der Waals surface area contributed by atoms with Crippen LogP contribution in [0.25, 0.3) is 0 Å². The van der Waals surface area contributed by atoms with Gasteiger partial charge in [-0.2, -0.15) is 0 Å². The van der Waals surface area contributed by atoms with E-state index in [1.54, 1.807) is 6.07 Å². The van der Waals surface area contributed by atoms with Gasteiger partial charge in [-0.3, -0.25) is 14.5 Å². The molecule has 1 saturated heterocycles. The third kappa shape index (κ3) is 3.15. The smallest absolute Gasteiger partial charge is 0.230 e. The van der Waals surface area contributed by atoms with Crippen LogP contribution in [0.1, 0.15) is 32.3 Å². The maximum atomic E-state index is 12.1. The molecule has 0 spiro atoms. The lowest BCUT2D eigenvalue weighted by Gasteiger charge is -2.34. The van der Waals surface area contributed by atoms with Crippen LogP contribution in [0.3, 0.4) is 0 Å². The lowest BCUT2D eigenvalue weighted by Crippen LogP contribution is -2.45. The summed E-state index contributed by atoms with van der Waals surface area (Å²) in [5.74, 6) is -0.243. The number of hydrogen-bond donors (Lipinski definition) is 1. The summed E-state index contributed by atoms with van der Waals surface area (Å²) >= 11 is 3.33. The first-order valence-electron chi connectivity index (χ1n) is 6.16. The second-order valence-corrected chi connectivity index (χ2v) is 6.65. The van der Waals surface area contributed by atoms with Gasteiger partial charge >= 0.3 is 0 Å². The van der Waals surface area contributed by atoms with Gasteiger partial charge in [-0.1, -0.05) is 35.8 Å². The van der Waals surface area contributed by atoms with Crippen LogP contribution in [0.2, 0.25) is 0 Å². The summed E-state index contributed by atoms with van der Waals surface area (Å²) in [5, 5.41) is 0. The van der Waals surface area contributed by atoms with E-state index in [1.807, 2.05) is 26.0 Å². The third-order valence-corrected chi connectivity index (χ3v) is 3.79. The van der Waals surface area contributed by atoms with Crippen molar-refractivity contribution >= 4 is 33.4 Å². The minimum atomic E-state index is -0.240. The molecule has 1 aromatic carbocycles. The standard InChI is InChI=1S/C14H17BrN2O2/c1-14(2)6-12(18)17(13(19)7-14)8-9-3-4-10(15)5-11(9)16/h3-5H,6-8,16H2,1-2H3. The molecule has 102 valence electrons. The Morgan fingerprint density at radius 2 is 1.84 bits per heavy atom. The minimum Gasteiger partial charge on any atom is -0.398 e. The van der Waals surface area contributed by atoms with Crippen molar-refractivity contribution in [1.82, 2.24) is 4.90 Å². The third-order valence-electron chi connectivity index (χ3n) is 3.30. The van der Waals surface area contributed by atoms with Gasteiger partial charge in [-0.15, -0.1) is 0 Å². The van der Waals surface area contributed by atoms with Crippen LogP contribution in [0, 0.1) is 5.41 Å². The largest absolute Gasteiger partial charge is 0.398 e. The van der Waals surface area contributed by atoms with Crippen molar-refractivity contribution < 1.29 is 9.59 Å². The van der Waals surface area contributed by atoms with E-state index in [9.17, 15) is 9.59 Å². The van der Waals surface area contributed by atoms with E-state index >= 15 is 0 Å². The highest BCUT2D eigenvalue weighted by Gasteiger charge is 2.37. The average Bonchev–Trinajstić information content (AvgIpc) is 2.24. The van der Waals surface area contributed by atoms with Crippen molar-refractivity contribution in [3.05, 3.63) is 28.2 Å². The average molecular weight is 325 g/mol. The number of carbonyl (C=O) groups is 2. The molecule has 0 atom stereocenters. The van der Waals surface area contributed by atoms with Gasteiger partial charge in [0, 0.05) is 23.0 Å². The number of piperidine rings is 1. The molecule has 5 heteroatoms. The van der Waals surface area contributed by atoms with Gasteiger partial charge in [0.2, 0.25) is 11.8 Å². The number of nitrogens with zero attached hydrogens (tertiary/aromatic N) is 1. The highest BCUT2D eigenvalue weighted by atomic mass is 79.9. The Kier molecular flexibility index (Phi) is 3.67. The maximum absolute atomic E-state index is 12.1. The zero-order valence-electron chi connectivity index (χ0n) is 11.1. The fourth-order valence-corrected chi connectivity index (χ4v) is 2.65. The van der Waals surface area contributed by atoms with Gasteiger partial charge in [0.05, 0.1) is 6.54 Å². The van der Waals surface area contributed by atoms with Gasteiger partial charge in [0.15, 0.2) is 0 Å². The highest BCUT2D eigenvalue weighted by Crippen LogP contribution is 2.32. The molecule has 0 bridgehead atoms. The predicted octanol–water partition coefficient (Wildman–Crippen LogP) is 2.71. The minimum absolute atomic E-state index is 0.122. The molecule has 2 rings (SSSR count). The van der Waals surface area contributed by atoms with Crippen LogP contribution < -0.4 is 5.73 Å². The van der Waals surface area contributed by atoms with E-state index in [0.29, 0.717) is 18.5 Å². The highest BCUT2D eigenvalue weighted by molar-refractivity contribution is 9.10. The quantitative estimate of drug-likeness (QED) is 0.672. The zero-order valence-corrected chi connectivity index (χ0v) is 12.7. The normalized spacial score (nSPS) is 18.8. The van der Waals surface area contributed by atoms with E-state index in [-0.39, 0.29) is 23.8 Å². The van der Waals surface area contributed by atoms with Crippen molar-refractivity contribution in [2.45, 2.75) is 33.2 Å². The van der Waals surface area contributed by atoms with Gasteiger partial charge < -0.3 is 5.73 Å². The molecule has 0 aromatic heterocycles. The Morgan fingerprint density at radius 1 is 1.26 bits per heavy atom. The van der Waals surface area contributed by atoms with Crippen molar-refractivity contribution in [2.75, 3.05) is 5.73 Å². The second-order valence-electron chi connectivity index (χ2n) is 5.73. The lowest BCUT2D eigenvalue weighted by molar-refractivity contribution is -0.153. The molecule has 0 radical (unpaired) electrons. The summed E-state index contributed by atoms with van der Waals surface area (Å²) in [6, 6.07) is 5.46. The van der Waals surface area contributed by atoms with Crippen molar-refractivity contribution in [3.8, 4) is 0 Å². The van der Waals surface area contributed by atoms with Crippen LogP contribution in [0.4, 0.5) is 5.69 Å². The van der Waals surface area contributed by atoms with Gasteiger partial charge in [-0.05, 0) is 23.1 Å². The van der Waals surface area contributed by atoms with Gasteiger partial charge in [-0.25, -0.2) is 0 Å². The molecule has 19 heavy (non-hydrogen) atoms. The molecule has 4 nitrogen and oxygen atoms in total. The number of rotatable bonds is 2. The summed E-state index contributed by atoms with van der Waals surface area (Å²) in [4.78, 5) is 25.4. The van der Waals surface area contributed by atoms with Crippen LogP contribution in [0.5, 0.6) is 0 Å². The second kappa shape index (κ2) is 4.96. The van der Waals surface area contributed by atoms with E-state index in [2.05, 4.69) is 15.9 Å². The first-order chi connectivity index (χ1) is 8.78. The Labute approximate surface area is 121 Å². The number of halogens is 1. The molecule has 1 fully saturated rings. The molecular formula is C14H17BrN2O2. The van der Waals surface area contributed by atoms with E-state index < -0.39 is 0 Å². The lowest BCUT2D eigenvalue weighted by atomic mass is 9.81. The first-order valence-corrected chi connectivity index (χ1v) is 6.95. The zero-order chi connectivity index (χ0) is 14.2. The number of imide groups is 1. The molecule has 1 aromatic rings. The molecule has 1 aliphatic heterocycles. The Hall–Kier alpha value is -1.36. The number of likely N-dealkylation sites (tertiary alicyclic amines) is 1. The first kappa shape index (κ1) is 14.1. The molecule has 1 aliphatic rings. The van der Waals surface area contributed by atoms with Crippen LogP contribution >= 0.6 is 15.9 Å². The van der Waals surface area contributed by atoms with Crippen molar-refractivity contribution in [1.29, 1.82) is 0 Å². The van der Waals surface area contributed by atoms with Crippen molar-refractivity contribution in [3.63, 3.8) is 0 Å². The number of anilines is 1. The van der Waals surface area contributed by atoms with Gasteiger partial charge in [0.25, 0.3) is 0 Å². The fourth-order valence-electron chi connectivity index (χ4n) is 2.27. The fraction of sp³-hybridized carbons (Fsp3) is 0.429. The number of nitrogens with two attached hydrogens (primary N) is 1. The summed E-state index contributed by atoms with van der Waals surface area (Å²) in [5.41, 5.74) is 7.04. The Balaban J connectivity index is 2.19. The van der Waals surface area contributed by atoms with E-state index in [4.69, 9.17) is 5.73 Å². The number of nitrogen functional groups attached to an aromatic ring is 1. The summed E-state index contributed by atoms with van der Waals surface area (Å²) in [6.07, 6.45) is 0.796. The summed E-state index contributed by atoms with van der Waals surface area (Å²) in [7, 11) is 0. The molecule has 0 saturated carbocycles. The number of benzene rings is 1. The Morgan fingerprint density at radius 3 is 2.37 bits per heavy atom. The molecule has 0 aliphatic carbocycles. The summed E-state index contributed by atoms with van der Waals surface area (Å²) in [6.45, 7) is 4.13. The molecule has 2 N–H and O–H groups in total. The summed E-state index contributed by atoms with van der Waals surface area (Å²) < 4.78 is 0.881. The van der Waals surface area contributed by atoms with Crippen LogP contribution in [0.15, 0.2) is 22.7 Å². The SMILES string of the molecule is CC1(C)CC(=O)N(Cc2ccc(Br)cc2N)C(=O)C1. The number of carbonyl (C=O) groups excluding carboxylic acids is 2. The van der Waals surface area contributed by atoms with Crippen LogP contribution in [-0.4, -0.2) is 16.7 Å². The number of amides is 2. The Bertz CT molecular complexity index is 520. The maximum Gasteiger partial charge on any atom is 0.230 e. The van der Waals surface area contributed by atoms with E-state index in [0.717, 1.165) is 10.0 Å². The van der Waals surface area contributed by atoms with E-state index in [1.165, 1.54) is 4.90 Å². The molecule has 2 amide bonds. The van der Waals surface area contributed by atoms with Crippen molar-refractivity contribution in [2.24, 2.45) is 5.41 Å². The number of hydrogen-bond acceptors (Lipinski definition) is 3. The monoisotopic (exact) mass is 324 g/mol. The predicted molar refractivity (Wildman–Crippen MR) is 77.1 cm³/mol. The molecule has 0 unspecified atom stereocenters. The molecule has 1 heterocycles. The van der Waals surface area contributed by atoms with Crippen LogP contribution in [-0.2, 0) is 16.1 Å².